The van der Waals surface area contributed by atoms with E-state index in [1.54, 1.807) is 15.9 Å². The predicted molar refractivity (Wildman–Crippen MR) is 119 cm³/mol. The van der Waals surface area contributed by atoms with Gasteiger partial charge in [-0.15, -0.1) is 11.3 Å². The van der Waals surface area contributed by atoms with E-state index in [2.05, 4.69) is 0 Å². The van der Waals surface area contributed by atoms with Gasteiger partial charge in [0.05, 0.1) is 22.9 Å². The van der Waals surface area contributed by atoms with Crippen molar-refractivity contribution in [2.75, 3.05) is 5.75 Å². The quantitative estimate of drug-likeness (QED) is 0.335. The minimum atomic E-state index is -0.305. The Labute approximate surface area is 178 Å². The molecule has 4 rings (SSSR count). The summed E-state index contributed by atoms with van der Waals surface area (Å²) in [5.74, 6) is -0.187. The molecule has 1 aliphatic rings. The number of nitrogens with zero attached hydrogens (tertiary/aromatic N) is 2. The molecule has 0 bridgehead atoms. The van der Waals surface area contributed by atoms with E-state index < -0.39 is 0 Å². The van der Waals surface area contributed by atoms with Crippen LogP contribution in [0.25, 0.3) is 15.9 Å². The minimum Gasteiger partial charge on any atom is -0.462 e. The first-order valence-corrected chi connectivity index (χ1v) is 11.7. The first kappa shape index (κ1) is 20.2. The van der Waals surface area contributed by atoms with Gasteiger partial charge >= 0.3 is 5.97 Å². The van der Waals surface area contributed by atoms with E-state index in [4.69, 9.17) is 9.72 Å². The van der Waals surface area contributed by atoms with Crippen LogP contribution in [0.4, 0.5) is 0 Å². The molecule has 3 aromatic rings. The summed E-state index contributed by atoms with van der Waals surface area (Å²) in [7, 11) is 0. The van der Waals surface area contributed by atoms with Gasteiger partial charge < -0.3 is 4.74 Å². The second-order valence-electron chi connectivity index (χ2n) is 7.59. The van der Waals surface area contributed by atoms with Crippen molar-refractivity contribution in [3.8, 4) is 5.69 Å². The summed E-state index contributed by atoms with van der Waals surface area (Å²) in [5, 5.41) is 1.28. The number of aromatic nitrogens is 2. The molecule has 1 aliphatic carbocycles. The van der Waals surface area contributed by atoms with Gasteiger partial charge in [0.2, 0.25) is 0 Å². The third-order valence-electron chi connectivity index (χ3n) is 4.94. The number of fused-ring (bicyclic) bond motifs is 3. The van der Waals surface area contributed by atoms with Crippen LogP contribution in [0, 0.1) is 6.92 Å². The lowest BCUT2D eigenvalue weighted by molar-refractivity contribution is -0.144. The fourth-order valence-electron chi connectivity index (χ4n) is 3.63. The molecule has 7 heteroatoms. The summed E-state index contributed by atoms with van der Waals surface area (Å²) in [6.45, 7) is 5.66. The molecule has 0 N–H and O–H groups in total. The average molecular weight is 429 g/mol. The molecule has 0 saturated carbocycles. The van der Waals surface area contributed by atoms with Crippen molar-refractivity contribution in [3.63, 3.8) is 0 Å². The average Bonchev–Trinajstić information content (AvgIpc) is 3.05. The fourth-order valence-corrected chi connectivity index (χ4v) is 5.72. The normalized spacial score (nSPS) is 13.7. The van der Waals surface area contributed by atoms with E-state index in [1.807, 2.05) is 45.0 Å². The largest absolute Gasteiger partial charge is 0.462 e. The van der Waals surface area contributed by atoms with Gasteiger partial charge in [0, 0.05) is 4.88 Å². The fraction of sp³-hybridized carbons (Fsp3) is 0.409. The van der Waals surface area contributed by atoms with E-state index in [0.29, 0.717) is 5.16 Å². The summed E-state index contributed by atoms with van der Waals surface area (Å²) >= 11 is 2.88. The van der Waals surface area contributed by atoms with Crippen molar-refractivity contribution < 1.29 is 9.53 Å². The molecule has 2 aromatic heterocycles. The molecule has 0 atom stereocenters. The van der Waals surface area contributed by atoms with Crippen LogP contribution in [0.2, 0.25) is 0 Å². The number of carbonyl (C=O) groups excluding carboxylic acids is 1. The summed E-state index contributed by atoms with van der Waals surface area (Å²) in [6.07, 6.45) is 4.06. The monoisotopic (exact) mass is 428 g/mol. The van der Waals surface area contributed by atoms with E-state index >= 15 is 0 Å². The van der Waals surface area contributed by atoms with Gasteiger partial charge in [0.1, 0.15) is 4.83 Å². The van der Waals surface area contributed by atoms with Crippen molar-refractivity contribution in [3.05, 3.63) is 50.6 Å². The van der Waals surface area contributed by atoms with Gasteiger partial charge in [-0.3, -0.25) is 14.2 Å². The smallest absolute Gasteiger partial charge is 0.316 e. The van der Waals surface area contributed by atoms with Crippen molar-refractivity contribution in [2.45, 2.75) is 57.7 Å². The number of esters is 1. The lowest BCUT2D eigenvalue weighted by Gasteiger charge is -2.14. The predicted octanol–water partition coefficient (Wildman–Crippen LogP) is 4.68. The van der Waals surface area contributed by atoms with Crippen LogP contribution in [-0.2, 0) is 22.4 Å². The second-order valence-corrected chi connectivity index (χ2v) is 9.61. The van der Waals surface area contributed by atoms with Gasteiger partial charge in [0.15, 0.2) is 5.16 Å². The molecular formula is C22H24N2O3S2. The Morgan fingerprint density at radius 1 is 1.24 bits per heavy atom. The number of ether oxygens (including phenoxy) is 1. The van der Waals surface area contributed by atoms with Crippen LogP contribution in [0.5, 0.6) is 0 Å². The van der Waals surface area contributed by atoms with Gasteiger partial charge in [-0.25, -0.2) is 4.98 Å². The first-order valence-electron chi connectivity index (χ1n) is 9.90. The molecule has 1 aromatic carbocycles. The standard InChI is InChI=1S/C22H24N2O3S2/c1-13(2)27-18(25)12-28-22-23-20-19(16-6-4-5-7-17(16)29-20)21(26)24(22)15-10-8-14(3)9-11-15/h8-11,13H,4-7,12H2,1-3H3. The molecule has 0 unspecified atom stereocenters. The zero-order valence-electron chi connectivity index (χ0n) is 16.9. The highest BCUT2D eigenvalue weighted by atomic mass is 32.2. The van der Waals surface area contributed by atoms with Crippen molar-refractivity contribution in [1.82, 2.24) is 9.55 Å². The van der Waals surface area contributed by atoms with Gasteiger partial charge in [-0.1, -0.05) is 29.5 Å². The first-order chi connectivity index (χ1) is 13.9. The van der Waals surface area contributed by atoms with Crippen LogP contribution >= 0.6 is 23.1 Å². The number of hydrogen-bond donors (Lipinski definition) is 0. The Bertz CT molecular complexity index is 1110. The number of hydrogen-bond acceptors (Lipinski definition) is 6. The van der Waals surface area contributed by atoms with Crippen LogP contribution < -0.4 is 5.56 Å². The molecule has 0 amide bonds. The molecule has 5 nitrogen and oxygen atoms in total. The highest BCUT2D eigenvalue weighted by molar-refractivity contribution is 7.99. The molecule has 0 fully saturated rings. The molecule has 29 heavy (non-hydrogen) atoms. The molecular weight excluding hydrogens is 404 g/mol. The minimum absolute atomic E-state index is 0.0435. The summed E-state index contributed by atoms with van der Waals surface area (Å²) in [4.78, 5) is 32.6. The van der Waals surface area contributed by atoms with Crippen LogP contribution in [0.15, 0.2) is 34.2 Å². The Morgan fingerprint density at radius 3 is 2.69 bits per heavy atom. The second kappa shape index (κ2) is 8.32. The molecule has 0 spiro atoms. The Morgan fingerprint density at radius 2 is 1.97 bits per heavy atom. The zero-order chi connectivity index (χ0) is 20.5. The summed E-state index contributed by atoms with van der Waals surface area (Å²) in [6, 6.07) is 7.83. The van der Waals surface area contributed by atoms with Crippen LogP contribution in [0.3, 0.4) is 0 Å². The van der Waals surface area contributed by atoms with Gasteiger partial charge in [-0.05, 0) is 64.2 Å². The van der Waals surface area contributed by atoms with E-state index in [0.717, 1.165) is 47.2 Å². The molecule has 152 valence electrons. The number of benzene rings is 1. The Hall–Kier alpha value is -2.12. The number of thioether (sulfide) groups is 1. The lowest BCUT2D eigenvalue weighted by Crippen LogP contribution is -2.23. The van der Waals surface area contributed by atoms with Crippen molar-refractivity contribution in [1.29, 1.82) is 0 Å². The van der Waals surface area contributed by atoms with E-state index in [-0.39, 0.29) is 23.4 Å². The maximum Gasteiger partial charge on any atom is 0.316 e. The van der Waals surface area contributed by atoms with Gasteiger partial charge in [-0.2, -0.15) is 0 Å². The van der Waals surface area contributed by atoms with Crippen LogP contribution in [0.1, 0.15) is 42.7 Å². The SMILES string of the molecule is Cc1ccc(-n2c(SCC(=O)OC(C)C)nc3sc4c(c3c2=O)CCCC4)cc1. The Kier molecular flexibility index (Phi) is 5.79. The number of aryl methyl sites for hydroxylation is 3. The number of carbonyl (C=O) groups is 1. The van der Waals surface area contributed by atoms with Crippen molar-refractivity contribution in [2.24, 2.45) is 0 Å². The van der Waals surface area contributed by atoms with E-state index in [1.165, 1.54) is 22.2 Å². The highest BCUT2D eigenvalue weighted by Crippen LogP contribution is 2.35. The maximum atomic E-state index is 13.6. The summed E-state index contributed by atoms with van der Waals surface area (Å²) in [5.41, 5.74) is 3.02. The third kappa shape index (κ3) is 4.12. The zero-order valence-corrected chi connectivity index (χ0v) is 18.5. The Balaban J connectivity index is 1.83. The molecule has 0 radical (unpaired) electrons. The highest BCUT2D eigenvalue weighted by Gasteiger charge is 2.23. The lowest BCUT2D eigenvalue weighted by atomic mass is 9.97. The topological polar surface area (TPSA) is 61.2 Å². The molecule has 0 saturated heterocycles. The van der Waals surface area contributed by atoms with Crippen LogP contribution in [-0.4, -0.2) is 27.4 Å². The van der Waals surface area contributed by atoms with Gasteiger partial charge in [0.25, 0.3) is 5.56 Å². The molecule has 2 heterocycles. The maximum absolute atomic E-state index is 13.6. The van der Waals surface area contributed by atoms with E-state index in [9.17, 15) is 9.59 Å². The third-order valence-corrected chi connectivity index (χ3v) is 7.03. The molecule has 0 aliphatic heterocycles. The number of thiophene rings is 1. The summed E-state index contributed by atoms with van der Waals surface area (Å²) < 4.78 is 6.89. The van der Waals surface area contributed by atoms with Crippen molar-refractivity contribution >= 4 is 39.3 Å². The number of rotatable bonds is 5.